The standard InChI is InChI=1S/C24H17FN4O3/c25-16-8-6-15(7-9-16)21-23(32-20(29-21)11-10-19(26)30)22-17-12-18(14-4-2-1-3-5-14)31-24(17)28-13-27-22/h1-9,12-13H,10-11H2,(H2,26,30). The van der Waals surface area contributed by atoms with Crippen LogP contribution in [0.4, 0.5) is 4.39 Å². The molecule has 0 aliphatic heterocycles. The van der Waals surface area contributed by atoms with E-state index in [1.807, 2.05) is 36.4 Å². The number of nitrogens with zero attached hydrogens (tertiary/aromatic N) is 3. The predicted octanol–water partition coefficient (Wildman–Crippen LogP) is 4.77. The third-order valence-electron chi connectivity index (χ3n) is 4.98. The number of benzene rings is 2. The lowest BCUT2D eigenvalue weighted by Gasteiger charge is -2.01. The van der Waals surface area contributed by atoms with Crippen molar-refractivity contribution < 1.29 is 18.0 Å². The van der Waals surface area contributed by atoms with Gasteiger partial charge in [-0.05, 0) is 30.3 Å². The van der Waals surface area contributed by atoms with E-state index in [9.17, 15) is 9.18 Å². The van der Waals surface area contributed by atoms with E-state index in [0.29, 0.717) is 45.5 Å². The van der Waals surface area contributed by atoms with Crippen molar-refractivity contribution >= 4 is 17.0 Å². The molecule has 158 valence electrons. The highest BCUT2D eigenvalue weighted by Gasteiger charge is 2.22. The summed E-state index contributed by atoms with van der Waals surface area (Å²) in [5.74, 6) is 0.527. The summed E-state index contributed by atoms with van der Waals surface area (Å²) in [6, 6.07) is 17.4. The molecule has 5 rings (SSSR count). The van der Waals surface area contributed by atoms with Gasteiger partial charge in [0, 0.05) is 24.0 Å². The summed E-state index contributed by atoms with van der Waals surface area (Å²) in [6.07, 6.45) is 1.71. The lowest BCUT2D eigenvalue weighted by atomic mass is 10.1. The zero-order valence-electron chi connectivity index (χ0n) is 16.8. The molecule has 0 spiro atoms. The van der Waals surface area contributed by atoms with Crippen LogP contribution in [0.25, 0.3) is 45.1 Å². The molecule has 0 aliphatic carbocycles. The number of carbonyl (C=O) groups excluding carboxylic acids is 1. The molecule has 2 N–H and O–H groups in total. The van der Waals surface area contributed by atoms with E-state index in [1.165, 1.54) is 18.5 Å². The normalized spacial score (nSPS) is 11.2. The number of oxazole rings is 1. The quantitative estimate of drug-likeness (QED) is 0.417. The maximum Gasteiger partial charge on any atom is 0.230 e. The van der Waals surface area contributed by atoms with Crippen molar-refractivity contribution in [1.82, 2.24) is 15.0 Å². The first-order valence-corrected chi connectivity index (χ1v) is 9.93. The third-order valence-corrected chi connectivity index (χ3v) is 4.98. The molecule has 0 saturated heterocycles. The van der Waals surface area contributed by atoms with Gasteiger partial charge in [-0.2, -0.15) is 0 Å². The van der Waals surface area contributed by atoms with Crippen LogP contribution in [0.15, 0.2) is 75.8 Å². The number of hydrogen-bond acceptors (Lipinski definition) is 6. The summed E-state index contributed by atoms with van der Waals surface area (Å²) in [4.78, 5) is 24.4. The fourth-order valence-corrected chi connectivity index (χ4v) is 3.45. The molecular formula is C24H17FN4O3. The number of rotatable bonds is 6. The highest BCUT2D eigenvalue weighted by atomic mass is 19.1. The van der Waals surface area contributed by atoms with Crippen LogP contribution >= 0.6 is 0 Å². The Labute approximate surface area is 181 Å². The van der Waals surface area contributed by atoms with Crippen LogP contribution in [-0.4, -0.2) is 20.9 Å². The van der Waals surface area contributed by atoms with Gasteiger partial charge in [0.05, 0.1) is 5.39 Å². The second-order valence-electron chi connectivity index (χ2n) is 7.18. The summed E-state index contributed by atoms with van der Waals surface area (Å²) in [6.45, 7) is 0. The lowest BCUT2D eigenvalue weighted by molar-refractivity contribution is -0.118. The first-order chi connectivity index (χ1) is 15.6. The van der Waals surface area contributed by atoms with E-state index in [-0.39, 0.29) is 18.7 Å². The fourth-order valence-electron chi connectivity index (χ4n) is 3.45. The van der Waals surface area contributed by atoms with Crippen LogP contribution in [0.5, 0.6) is 0 Å². The lowest BCUT2D eigenvalue weighted by Crippen LogP contribution is -2.11. The predicted molar refractivity (Wildman–Crippen MR) is 116 cm³/mol. The summed E-state index contributed by atoms with van der Waals surface area (Å²) in [5, 5.41) is 0.646. The number of fused-ring (bicyclic) bond motifs is 1. The molecule has 8 heteroatoms. The molecule has 3 heterocycles. The van der Waals surface area contributed by atoms with Gasteiger partial charge < -0.3 is 14.6 Å². The molecule has 32 heavy (non-hydrogen) atoms. The molecule has 0 unspecified atom stereocenters. The van der Waals surface area contributed by atoms with E-state index in [2.05, 4.69) is 15.0 Å². The summed E-state index contributed by atoms with van der Waals surface area (Å²) in [5.41, 5.74) is 8.18. The molecule has 0 fully saturated rings. The first kappa shape index (κ1) is 19.6. The Balaban J connectivity index is 1.67. The summed E-state index contributed by atoms with van der Waals surface area (Å²) >= 11 is 0. The summed E-state index contributed by atoms with van der Waals surface area (Å²) in [7, 11) is 0. The van der Waals surface area contributed by atoms with Gasteiger partial charge in [-0.1, -0.05) is 30.3 Å². The van der Waals surface area contributed by atoms with Crippen LogP contribution in [0.3, 0.4) is 0 Å². The minimum absolute atomic E-state index is 0.0891. The number of primary amides is 1. The number of carbonyl (C=O) groups is 1. The maximum atomic E-state index is 13.5. The van der Waals surface area contributed by atoms with Gasteiger partial charge in [0.2, 0.25) is 11.6 Å². The van der Waals surface area contributed by atoms with Gasteiger partial charge in [0.25, 0.3) is 0 Å². The number of halogens is 1. The van der Waals surface area contributed by atoms with Crippen LogP contribution in [-0.2, 0) is 11.2 Å². The van der Waals surface area contributed by atoms with Gasteiger partial charge in [-0.15, -0.1) is 0 Å². The van der Waals surface area contributed by atoms with Crippen molar-refractivity contribution in [1.29, 1.82) is 0 Å². The number of furan rings is 1. The minimum Gasteiger partial charge on any atom is -0.438 e. The summed E-state index contributed by atoms with van der Waals surface area (Å²) < 4.78 is 25.4. The van der Waals surface area contributed by atoms with Crippen molar-refractivity contribution in [3.8, 4) is 34.0 Å². The molecular weight excluding hydrogens is 411 g/mol. The number of nitrogens with two attached hydrogens (primary N) is 1. The molecule has 5 aromatic rings. The molecule has 0 aliphatic rings. The topological polar surface area (TPSA) is 108 Å². The van der Waals surface area contributed by atoms with E-state index < -0.39 is 5.91 Å². The van der Waals surface area contributed by atoms with Gasteiger partial charge in [0.1, 0.15) is 29.3 Å². The van der Waals surface area contributed by atoms with Crippen LogP contribution in [0, 0.1) is 5.82 Å². The Kier molecular flexibility index (Phi) is 4.95. The molecule has 0 saturated carbocycles. The van der Waals surface area contributed by atoms with Gasteiger partial charge >= 0.3 is 0 Å². The largest absolute Gasteiger partial charge is 0.438 e. The van der Waals surface area contributed by atoms with E-state index in [4.69, 9.17) is 14.6 Å². The molecule has 1 amide bonds. The highest BCUT2D eigenvalue weighted by Crippen LogP contribution is 2.37. The van der Waals surface area contributed by atoms with Crippen molar-refractivity contribution in [2.24, 2.45) is 5.73 Å². The molecule has 3 aromatic heterocycles. The van der Waals surface area contributed by atoms with E-state index >= 15 is 0 Å². The Morgan fingerprint density at radius 3 is 2.47 bits per heavy atom. The van der Waals surface area contributed by atoms with Gasteiger partial charge in [-0.3, -0.25) is 4.79 Å². The van der Waals surface area contributed by atoms with Crippen LogP contribution in [0.1, 0.15) is 12.3 Å². The Morgan fingerprint density at radius 1 is 0.938 bits per heavy atom. The van der Waals surface area contributed by atoms with Crippen LogP contribution in [0.2, 0.25) is 0 Å². The number of hydrogen-bond donors (Lipinski definition) is 1. The maximum absolute atomic E-state index is 13.5. The minimum atomic E-state index is -0.458. The van der Waals surface area contributed by atoms with Crippen molar-refractivity contribution in [2.45, 2.75) is 12.8 Å². The van der Waals surface area contributed by atoms with E-state index in [1.54, 1.807) is 12.1 Å². The van der Waals surface area contributed by atoms with Crippen molar-refractivity contribution in [2.75, 3.05) is 0 Å². The number of amides is 1. The third kappa shape index (κ3) is 3.74. The fraction of sp³-hybridized carbons (Fsp3) is 0.0833. The number of aromatic nitrogens is 3. The Morgan fingerprint density at radius 2 is 1.72 bits per heavy atom. The first-order valence-electron chi connectivity index (χ1n) is 9.93. The van der Waals surface area contributed by atoms with Crippen LogP contribution < -0.4 is 5.73 Å². The Hall–Kier alpha value is -4.33. The second kappa shape index (κ2) is 8.07. The SMILES string of the molecule is NC(=O)CCc1nc(-c2ccc(F)cc2)c(-c2ncnc3oc(-c4ccccc4)cc23)o1. The molecule has 7 nitrogen and oxygen atoms in total. The zero-order chi connectivity index (χ0) is 22.1. The molecule has 0 bridgehead atoms. The molecule has 0 radical (unpaired) electrons. The van der Waals surface area contributed by atoms with E-state index in [0.717, 1.165) is 5.56 Å². The highest BCUT2D eigenvalue weighted by molar-refractivity contribution is 5.94. The zero-order valence-corrected chi connectivity index (χ0v) is 16.8. The van der Waals surface area contributed by atoms with Crippen molar-refractivity contribution in [3.05, 3.63) is 78.7 Å². The Bertz CT molecular complexity index is 1410. The smallest absolute Gasteiger partial charge is 0.230 e. The van der Waals surface area contributed by atoms with Crippen molar-refractivity contribution in [3.63, 3.8) is 0 Å². The number of aryl methyl sites for hydroxylation is 1. The average molecular weight is 428 g/mol. The average Bonchev–Trinajstić information content (AvgIpc) is 3.43. The monoisotopic (exact) mass is 428 g/mol. The van der Waals surface area contributed by atoms with Gasteiger partial charge in [0.15, 0.2) is 11.7 Å². The van der Waals surface area contributed by atoms with Gasteiger partial charge in [-0.25, -0.2) is 19.3 Å². The molecule has 2 aromatic carbocycles. The molecule has 0 atom stereocenters. The second-order valence-corrected chi connectivity index (χ2v) is 7.18.